The lowest BCUT2D eigenvalue weighted by Gasteiger charge is -2.32. The van der Waals surface area contributed by atoms with E-state index >= 15 is 0 Å². The number of hydrogen-bond donors (Lipinski definition) is 1. The minimum absolute atomic E-state index is 0.498. The molecule has 0 spiro atoms. The van der Waals surface area contributed by atoms with Crippen LogP contribution >= 0.6 is 0 Å². The minimum atomic E-state index is 0.498. The van der Waals surface area contributed by atoms with Crippen molar-refractivity contribution < 1.29 is 0 Å². The summed E-state index contributed by atoms with van der Waals surface area (Å²) in [4.78, 5) is 0. The summed E-state index contributed by atoms with van der Waals surface area (Å²) < 4.78 is 0. The van der Waals surface area contributed by atoms with Gasteiger partial charge in [0.25, 0.3) is 0 Å². The second-order valence-corrected chi connectivity index (χ2v) is 5.84. The second kappa shape index (κ2) is 5.16. The van der Waals surface area contributed by atoms with Crippen molar-refractivity contribution >= 4 is 0 Å². The number of hydrogen-bond acceptors (Lipinski definition) is 1. The fraction of sp³-hybridized carbons (Fsp3) is 1.00. The van der Waals surface area contributed by atoms with Crippen LogP contribution in [0, 0.1) is 11.8 Å². The standard InChI is InChI=1S/C13H27N/c1-11(2)6-8-13(10-12(3)4)7-5-9-14-13/h11-12,14H,5-10H2,1-4H3. The fourth-order valence-corrected chi connectivity index (χ4v) is 2.70. The third-order valence-corrected chi connectivity index (χ3v) is 3.33. The van der Waals surface area contributed by atoms with Gasteiger partial charge in [-0.25, -0.2) is 0 Å². The third kappa shape index (κ3) is 3.61. The van der Waals surface area contributed by atoms with Gasteiger partial charge in [-0.1, -0.05) is 27.7 Å². The normalized spacial score (nSPS) is 27.9. The predicted octanol–water partition coefficient (Wildman–Crippen LogP) is 3.59. The lowest BCUT2D eigenvalue weighted by atomic mass is 9.82. The Labute approximate surface area is 89.7 Å². The van der Waals surface area contributed by atoms with Gasteiger partial charge in [-0.3, -0.25) is 0 Å². The smallest absolute Gasteiger partial charge is 0.0184 e. The van der Waals surface area contributed by atoms with Gasteiger partial charge >= 0.3 is 0 Å². The van der Waals surface area contributed by atoms with E-state index in [1.807, 2.05) is 0 Å². The van der Waals surface area contributed by atoms with Crippen molar-refractivity contribution in [3.63, 3.8) is 0 Å². The van der Waals surface area contributed by atoms with Gasteiger partial charge in [0.15, 0.2) is 0 Å². The molecule has 1 saturated heterocycles. The molecule has 1 N–H and O–H groups in total. The Hall–Kier alpha value is -0.0400. The van der Waals surface area contributed by atoms with E-state index in [0.717, 1.165) is 11.8 Å². The molecule has 0 amide bonds. The predicted molar refractivity (Wildman–Crippen MR) is 63.5 cm³/mol. The first-order chi connectivity index (χ1) is 6.54. The molecule has 84 valence electrons. The maximum absolute atomic E-state index is 3.76. The Balaban J connectivity index is 2.44. The molecule has 1 heterocycles. The van der Waals surface area contributed by atoms with Gasteiger partial charge in [0.2, 0.25) is 0 Å². The molecule has 0 aromatic carbocycles. The molecule has 1 aliphatic rings. The largest absolute Gasteiger partial charge is 0.311 e. The molecule has 1 rings (SSSR count). The van der Waals surface area contributed by atoms with Gasteiger partial charge in [0, 0.05) is 5.54 Å². The maximum Gasteiger partial charge on any atom is 0.0184 e. The topological polar surface area (TPSA) is 12.0 Å². The van der Waals surface area contributed by atoms with E-state index in [-0.39, 0.29) is 0 Å². The molecular formula is C13H27N. The van der Waals surface area contributed by atoms with Crippen LogP contribution in [0.25, 0.3) is 0 Å². The summed E-state index contributed by atoms with van der Waals surface area (Å²) in [6.07, 6.45) is 6.89. The lowest BCUT2D eigenvalue weighted by molar-refractivity contribution is 0.265. The molecule has 1 nitrogen and oxygen atoms in total. The Morgan fingerprint density at radius 3 is 2.29 bits per heavy atom. The Kier molecular flexibility index (Phi) is 4.43. The summed E-state index contributed by atoms with van der Waals surface area (Å²) in [5, 5.41) is 3.76. The van der Waals surface area contributed by atoms with Gasteiger partial charge in [-0.05, 0) is 50.5 Å². The molecule has 1 unspecified atom stereocenters. The van der Waals surface area contributed by atoms with E-state index in [1.54, 1.807) is 0 Å². The van der Waals surface area contributed by atoms with Crippen LogP contribution in [0.15, 0.2) is 0 Å². The molecule has 0 aromatic heterocycles. The van der Waals surface area contributed by atoms with Crippen molar-refractivity contribution in [1.29, 1.82) is 0 Å². The molecule has 0 radical (unpaired) electrons. The highest BCUT2D eigenvalue weighted by Crippen LogP contribution is 2.32. The van der Waals surface area contributed by atoms with Crippen LogP contribution in [0.5, 0.6) is 0 Å². The van der Waals surface area contributed by atoms with Gasteiger partial charge < -0.3 is 5.32 Å². The molecular weight excluding hydrogens is 170 g/mol. The van der Waals surface area contributed by atoms with Crippen LogP contribution in [0.2, 0.25) is 0 Å². The van der Waals surface area contributed by atoms with Gasteiger partial charge in [-0.2, -0.15) is 0 Å². The first-order valence-electron chi connectivity index (χ1n) is 6.29. The van der Waals surface area contributed by atoms with Crippen molar-refractivity contribution in [2.24, 2.45) is 11.8 Å². The highest BCUT2D eigenvalue weighted by Gasteiger charge is 2.33. The zero-order valence-electron chi connectivity index (χ0n) is 10.4. The quantitative estimate of drug-likeness (QED) is 0.710. The van der Waals surface area contributed by atoms with E-state index in [4.69, 9.17) is 0 Å². The molecule has 0 saturated carbocycles. The van der Waals surface area contributed by atoms with Crippen LogP contribution in [0.1, 0.15) is 59.8 Å². The lowest BCUT2D eigenvalue weighted by Crippen LogP contribution is -2.41. The summed E-state index contributed by atoms with van der Waals surface area (Å²) >= 11 is 0. The fourth-order valence-electron chi connectivity index (χ4n) is 2.70. The van der Waals surface area contributed by atoms with Crippen LogP contribution in [-0.2, 0) is 0 Å². The number of rotatable bonds is 5. The van der Waals surface area contributed by atoms with Crippen molar-refractivity contribution in [1.82, 2.24) is 5.32 Å². The van der Waals surface area contributed by atoms with E-state index in [1.165, 1.54) is 38.6 Å². The van der Waals surface area contributed by atoms with Crippen LogP contribution < -0.4 is 5.32 Å². The van der Waals surface area contributed by atoms with Crippen molar-refractivity contribution in [3.05, 3.63) is 0 Å². The Bertz CT molecular complexity index is 155. The van der Waals surface area contributed by atoms with Gasteiger partial charge in [0.05, 0.1) is 0 Å². The monoisotopic (exact) mass is 197 g/mol. The highest BCUT2D eigenvalue weighted by molar-refractivity contribution is 4.93. The average molecular weight is 197 g/mol. The summed E-state index contributed by atoms with van der Waals surface area (Å²) in [6.45, 7) is 10.6. The molecule has 1 heteroatoms. The van der Waals surface area contributed by atoms with E-state index in [0.29, 0.717) is 5.54 Å². The third-order valence-electron chi connectivity index (χ3n) is 3.33. The summed E-state index contributed by atoms with van der Waals surface area (Å²) in [5.41, 5.74) is 0.498. The van der Waals surface area contributed by atoms with E-state index in [9.17, 15) is 0 Å². The van der Waals surface area contributed by atoms with Crippen LogP contribution in [-0.4, -0.2) is 12.1 Å². The highest BCUT2D eigenvalue weighted by atomic mass is 15.0. The first kappa shape index (κ1) is 12.0. The van der Waals surface area contributed by atoms with Crippen molar-refractivity contribution in [2.75, 3.05) is 6.54 Å². The molecule has 1 aliphatic heterocycles. The second-order valence-electron chi connectivity index (χ2n) is 5.84. The molecule has 0 bridgehead atoms. The van der Waals surface area contributed by atoms with Crippen molar-refractivity contribution in [2.45, 2.75) is 65.3 Å². The van der Waals surface area contributed by atoms with E-state index in [2.05, 4.69) is 33.0 Å². The molecule has 0 aromatic rings. The van der Waals surface area contributed by atoms with Crippen LogP contribution in [0.4, 0.5) is 0 Å². The zero-order chi connectivity index (χ0) is 10.6. The van der Waals surface area contributed by atoms with Gasteiger partial charge in [0.1, 0.15) is 0 Å². The maximum atomic E-state index is 3.76. The van der Waals surface area contributed by atoms with E-state index < -0.39 is 0 Å². The summed E-state index contributed by atoms with van der Waals surface area (Å²) in [7, 11) is 0. The zero-order valence-corrected chi connectivity index (χ0v) is 10.4. The number of nitrogens with one attached hydrogen (secondary N) is 1. The first-order valence-corrected chi connectivity index (χ1v) is 6.29. The molecule has 14 heavy (non-hydrogen) atoms. The van der Waals surface area contributed by atoms with Gasteiger partial charge in [-0.15, -0.1) is 0 Å². The summed E-state index contributed by atoms with van der Waals surface area (Å²) in [6, 6.07) is 0. The molecule has 1 fully saturated rings. The SMILES string of the molecule is CC(C)CCC1(CC(C)C)CCCN1. The average Bonchev–Trinajstić information content (AvgIpc) is 2.49. The minimum Gasteiger partial charge on any atom is -0.311 e. The Morgan fingerprint density at radius 1 is 1.14 bits per heavy atom. The summed E-state index contributed by atoms with van der Waals surface area (Å²) in [5.74, 6) is 1.68. The molecule has 1 atom stereocenters. The molecule has 0 aliphatic carbocycles. The van der Waals surface area contributed by atoms with Crippen LogP contribution in [0.3, 0.4) is 0 Å². The van der Waals surface area contributed by atoms with Crippen molar-refractivity contribution in [3.8, 4) is 0 Å². The Morgan fingerprint density at radius 2 is 1.86 bits per heavy atom.